The van der Waals surface area contributed by atoms with Crippen molar-refractivity contribution in [2.45, 2.75) is 25.6 Å². The number of hydrazone groups is 1. The van der Waals surface area contributed by atoms with Crippen LogP contribution >= 0.6 is 11.3 Å². The molecule has 0 bridgehead atoms. The molecule has 7 heteroatoms. The minimum absolute atomic E-state index is 0.0747. The number of thiophene rings is 1. The van der Waals surface area contributed by atoms with Crippen LogP contribution in [0.4, 0.5) is 8.78 Å². The molecule has 0 spiro atoms. The van der Waals surface area contributed by atoms with E-state index in [1.54, 1.807) is 11.3 Å². The van der Waals surface area contributed by atoms with Crippen LogP contribution in [0.25, 0.3) is 0 Å². The van der Waals surface area contributed by atoms with Gasteiger partial charge in [0.15, 0.2) is 23.1 Å². The molecular weight excluding hydrogens is 394 g/mol. The highest BCUT2D eigenvalue weighted by Crippen LogP contribution is 2.51. The fraction of sp³-hybridized carbons (Fsp3) is 0.227. The molecule has 5 rings (SSSR count). The predicted molar refractivity (Wildman–Crippen MR) is 107 cm³/mol. The molecule has 1 aromatic heterocycles. The van der Waals surface area contributed by atoms with Gasteiger partial charge in [-0.15, -0.1) is 11.3 Å². The number of nitrogens with zero attached hydrogens (tertiary/aromatic N) is 2. The first-order valence-electron chi connectivity index (χ1n) is 9.42. The first kappa shape index (κ1) is 18.1. The Labute approximate surface area is 171 Å². The molecule has 0 fully saturated rings. The maximum absolute atomic E-state index is 14.0. The van der Waals surface area contributed by atoms with Gasteiger partial charge in [-0.05, 0) is 36.6 Å². The SMILES string of the molecule is CCOc1cccc2c1O[C@H](c1ccc(F)c(F)c1)N1N=C(c3cccs3)C[C@H]21. The average Bonchev–Trinajstić information content (AvgIpc) is 3.40. The van der Waals surface area contributed by atoms with E-state index in [0.717, 1.165) is 22.2 Å². The molecule has 2 aliphatic rings. The van der Waals surface area contributed by atoms with Gasteiger partial charge in [0.25, 0.3) is 0 Å². The van der Waals surface area contributed by atoms with Crippen LogP contribution in [0.5, 0.6) is 11.5 Å². The van der Waals surface area contributed by atoms with Gasteiger partial charge in [0.05, 0.1) is 23.2 Å². The van der Waals surface area contributed by atoms with E-state index < -0.39 is 17.9 Å². The number of benzene rings is 2. The summed E-state index contributed by atoms with van der Waals surface area (Å²) in [5, 5.41) is 8.68. The molecule has 0 radical (unpaired) electrons. The van der Waals surface area contributed by atoms with E-state index in [4.69, 9.17) is 14.6 Å². The lowest BCUT2D eigenvalue weighted by molar-refractivity contribution is -0.0214. The Balaban J connectivity index is 1.63. The second-order valence-electron chi connectivity index (χ2n) is 6.88. The summed E-state index contributed by atoms with van der Waals surface area (Å²) in [5.74, 6) is -0.524. The van der Waals surface area contributed by atoms with E-state index in [1.165, 1.54) is 12.1 Å². The molecule has 0 N–H and O–H groups in total. The maximum Gasteiger partial charge on any atom is 0.214 e. The Kier molecular flexibility index (Phi) is 4.47. The van der Waals surface area contributed by atoms with Gasteiger partial charge in [-0.1, -0.05) is 24.3 Å². The summed E-state index contributed by atoms with van der Waals surface area (Å²) >= 11 is 1.63. The molecule has 0 unspecified atom stereocenters. The average molecular weight is 412 g/mol. The summed E-state index contributed by atoms with van der Waals surface area (Å²) in [7, 11) is 0. The number of halogens is 2. The molecule has 148 valence electrons. The summed E-state index contributed by atoms with van der Waals surface area (Å²) in [6.07, 6.45) is 0.0220. The monoisotopic (exact) mass is 412 g/mol. The topological polar surface area (TPSA) is 34.1 Å². The van der Waals surface area contributed by atoms with Gasteiger partial charge in [0.1, 0.15) is 0 Å². The van der Waals surface area contributed by atoms with Gasteiger partial charge >= 0.3 is 0 Å². The van der Waals surface area contributed by atoms with Crippen LogP contribution in [-0.2, 0) is 0 Å². The predicted octanol–water partition coefficient (Wildman–Crippen LogP) is 5.67. The number of ether oxygens (including phenoxy) is 2. The molecule has 0 saturated heterocycles. The van der Waals surface area contributed by atoms with E-state index in [0.29, 0.717) is 30.1 Å². The highest BCUT2D eigenvalue weighted by atomic mass is 32.1. The lowest BCUT2D eigenvalue weighted by atomic mass is 9.97. The standard InChI is InChI=1S/C22H18F2N2O2S/c1-2-27-19-6-3-5-14-18-12-17(20-7-4-10-29-20)25-26(18)22(28-21(14)19)13-8-9-15(23)16(24)11-13/h3-11,18,22H,2,12H2,1H3/t18-,22-/m1/s1. The third kappa shape index (κ3) is 3.06. The molecule has 2 atom stereocenters. The second kappa shape index (κ2) is 7.15. The molecular formula is C22H18F2N2O2S. The highest BCUT2D eigenvalue weighted by molar-refractivity contribution is 7.12. The van der Waals surface area contributed by atoms with E-state index in [1.807, 2.05) is 47.6 Å². The number of hydrogen-bond acceptors (Lipinski definition) is 5. The Morgan fingerprint density at radius 1 is 1.17 bits per heavy atom. The quantitative estimate of drug-likeness (QED) is 0.554. The maximum atomic E-state index is 14.0. The molecule has 4 nitrogen and oxygen atoms in total. The van der Waals surface area contributed by atoms with E-state index in [-0.39, 0.29) is 6.04 Å². The zero-order chi connectivity index (χ0) is 20.0. The van der Waals surface area contributed by atoms with Crippen molar-refractivity contribution in [2.75, 3.05) is 6.61 Å². The van der Waals surface area contributed by atoms with Gasteiger partial charge < -0.3 is 9.47 Å². The number of fused-ring (bicyclic) bond motifs is 3. The van der Waals surface area contributed by atoms with Gasteiger partial charge in [0, 0.05) is 17.5 Å². The molecule has 0 amide bonds. The van der Waals surface area contributed by atoms with Crippen molar-refractivity contribution >= 4 is 17.0 Å². The molecule has 2 aromatic carbocycles. The van der Waals surface area contributed by atoms with E-state index in [9.17, 15) is 8.78 Å². The van der Waals surface area contributed by atoms with Crippen molar-refractivity contribution in [1.29, 1.82) is 0 Å². The Morgan fingerprint density at radius 2 is 2.07 bits per heavy atom. The lowest BCUT2D eigenvalue weighted by Crippen LogP contribution is -2.34. The molecule has 3 heterocycles. The number of para-hydroxylation sites is 1. The van der Waals surface area contributed by atoms with Crippen LogP contribution in [0, 0.1) is 11.6 Å². The van der Waals surface area contributed by atoms with Crippen LogP contribution in [0.2, 0.25) is 0 Å². The largest absolute Gasteiger partial charge is 0.490 e. The molecule has 0 saturated carbocycles. The smallest absolute Gasteiger partial charge is 0.214 e. The summed E-state index contributed by atoms with van der Waals surface area (Å²) in [4.78, 5) is 1.09. The third-order valence-corrected chi connectivity index (χ3v) is 6.03. The van der Waals surface area contributed by atoms with Crippen LogP contribution in [0.3, 0.4) is 0 Å². The van der Waals surface area contributed by atoms with Crippen molar-refractivity contribution in [1.82, 2.24) is 5.01 Å². The Hall–Kier alpha value is -2.93. The van der Waals surface area contributed by atoms with Gasteiger partial charge in [0.2, 0.25) is 6.23 Å². The van der Waals surface area contributed by atoms with Crippen LogP contribution in [0.1, 0.15) is 41.6 Å². The van der Waals surface area contributed by atoms with Gasteiger partial charge in [-0.2, -0.15) is 5.10 Å². The second-order valence-corrected chi connectivity index (χ2v) is 7.82. The normalized spacial score (nSPS) is 20.0. The van der Waals surface area contributed by atoms with Gasteiger partial charge in [-0.3, -0.25) is 0 Å². The summed E-state index contributed by atoms with van der Waals surface area (Å²) in [6.45, 7) is 2.41. The number of hydrogen-bond donors (Lipinski definition) is 0. The first-order valence-corrected chi connectivity index (χ1v) is 10.3. The fourth-order valence-electron chi connectivity index (χ4n) is 3.83. The third-order valence-electron chi connectivity index (χ3n) is 5.11. The van der Waals surface area contributed by atoms with Crippen LogP contribution in [-0.4, -0.2) is 17.3 Å². The Bertz CT molecular complexity index is 1080. The minimum Gasteiger partial charge on any atom is -0.490 e. The Morgan fingerprint density at radius 3 is 2.83 bits per heavy atom. The minimum atomic E-state index is -0.909. The summed E-state index contributed by atoms with van der Waals surface area (Å²) in [6, 6.07) is 13.6. The van der Waals surface area contributed by atoms with Crippen LogP contribution < -0.4 is 9.47 Å². The summed E-state index contributed by atoms with van der Waals surface area (Å²) in [5.41, 5.74) is 2.43. The van der Waals surface area contributed by atoms with Crippen LogP contribution in [0.15, 0.2) is 59.0 Å². The van der Waals surface area contributed by atoms with Crippen molar-refractivity contribution in [3.63, 3.8) is 0 Å². The van der Waals surface area contributed by atoms with Crippen molar-refractivity contribution < 1.29 is 18.3 Å². The molecule has 29 heavy (non-hydrogen) atoms. The summed E-state index contributed by atoms with van der Waals surface area (Å²) < 4.78 is 39.5. The zero-order valence-corrected chi connectivity index (χ0v) is 16.5. The molecule has 2 aliphatic heterocycles. The molecule has 0 aliphatic carbocycles. The molecule has 3 aromatic rings. The number of rotatable bonds is 4. The van der Waals surface area contributed by atoms with E-state index in [2.05, 4.69) is 0 Å². The van der Waals surface area contributed by atoms with Crippen molar-refractivity contribution in [3.8, 4) is 11.5 Å². The van der Waals surface area contributed by atoms with E-state index >= 15 is 0 Å². The lowest BCUT2D eigenvalue weighted by Gasteiger charge is -2.38. The fourth-order valence-corrected chi connectivity index (χ4v) is 4.55. The van der Waals surface area contributed by atoms with Crippen molar-refractivity contribution in [3.05, 3.63) is 81.5 Å². The highest BCUT2D eigenvalue weighted by Gasteiger charge is 2.42. The first-order chi connectivity index (χ1) is 14.2. The zero-order valence-electron chi connectivity index (χ0n) is 15.6. The van der Waals surface area contributed by atoms with Crippen molar-refractivity contribution in [2.24, 2.45) is 5.10 Å². The van der Waals surface area contributed by atoms with Gasteiger partial charge in [-0.25, -0.2) is 13.8 Å².